The van der Waals surface area contributed by atoms with Crippen LogP contribution < -0.4 is 9.47 Å². The van der Waals surface area contributed by atoms with Crippen LogP contribution in [0, 0.1) is 0 Å². The number of hydrogen-bond donors (Lipinski definition) is 0. The average molecular weight is 424 g/mol. The maximum absolute atomic E-state index is 12.8. The molecule has 0 aliphatic carbocycles. The zero-order valence-electron chi connectivity index (χ0n) is 17.9. The van der Waals surface area contributed by atoms with Crippen LogP contribution in [-0.2, 0) is 0 Å². The van der Waals surface area contributed by atoms with Crippen molar-refractivity contribution in [2.45, 2.75) is 6.92 Å². The molecule has 0 amide bonds. The normalized spacial score (nSPS) is 10.8. The van der Waals surface area contributed by atoms with Crippen LogP contribution in [-0.4, -0.2) is 18.2 Å². The first-order valence-electron chi connectivity index (χ1n) is 10.2. The zero-order chi connectivity index (χ0) is 22.9. The van der Waals surface area contributed by atoms with E-state index in [-0.39, 0.29) is 11.6 Å². The SMILES string of the molecule is C=C/C=C(\C=C)Oc1ccc(C(=O)c2ccc(C(=O)c3ccc(OCC)cc3)cc2)cc1. The predicted octanol–water partition coefficient (Wildman–Crippen LogP) is 6.18. The van der Waals surface area contributed by atoms with Crippen molar-refractivity contribution in [1.29, 1.82) is 0 Å². The first-order chi connectivity index (χ1) is 15.5. The fourth-order valence-electron chi connectivity index (χ4n) is 3.05. The molecule has 0 fully saturated rings. The van der Waals surface area contributed by atoms with Crippen molar-refractivity contribution in [3.8, 4) is 11.5 Å². The van der Waals surface area contributed by atoms with Gasteiger partial charge in [0.05, 0.1) is 6.61 Å². The smallest absolute Gasteiger partial charge is 0.193 e. The van der Waals surface area contributed by atoms with Gasteiger partial charge in [0.2, 0.25) is 0 Å². The largest absolute Gasteiger partial charge is 0.494 e. The summed E-state index contributed by atoms with van der Waals surface area (Å²) in [5.41, 5.74) is 2.10. The molecule has 4 heteroatoms. The van der Waals surface area contributed by atoms with Gasteiger partial charge in [-0.25, -0.2) is 0 Å². The van der Waals surface area contributed by atoms with E-state index in [4.69, 9.17) is 9.47 Å². The van der Waals surface area contributed by atoms with Gasteiger partial charge in [0, 0.05) is 22.3 Å². The molecule has 3 rings (SSSR count). The number of hydrogen-bond acceptors (Lipinski definition) is 4. The summed E-state index contributed by atoms with van der Waals surface area (Å²) < 4.78 is 11.1. The predicted molar refractivity (Wildman–Crippen MR) is 126 cm³/mol. The molecule has 0 heterocycles. The highest BCUT2D eigenvalue weighted by molar-refractivity contribution is 6.11. The topological polar surface area (TPSA) is 52.6 Å². The minimum absolute atomic E-state index is 0.112. The lowest BCUT2D eigenvalue weighted by Crippen LogP contribution is -2.04. The lowest BCUT2D eigenvalue weighted by atomic mass is 9.98. The quantitative estimate of drug-likeness (QED) is 0.221. The number of carbonyl (C=O) groups is 2. The molecule has 0 saturated heterocycles. The second kappa shape index (κ2) is 10.7. The third kappa shape index (κ3) is 5.49. The second-order valence-electron chi connectivity index (χ2n) is 6.83. The second-order valence-corrected chi connectivity index (χ2v) is 6.83. The van der Waals surface area contributed by atoms with Gasteiger partial charge in [-0.15, -0.1) is 0 Å². The number of ether oxygens (including phenoxy) is 2. The first-order valence-corrected chi connectivity index (χ1v) is 10.2. The maximum atomic E-state index is 12.8. The Kier molecular flexibility index (Phi) is 7.55. The van der Waals surface area contributed by atoms with Crippen LogP contribution >= 0.6 is 0 Å². The molecule has 0 saturated carbocycles. The molecule has 4 nitrogen and oxygen atoms in total. The van der Waals surface area contributed by atoms with Crippen LogP contribution in [0.2, 0.25) is 0 Å². The van der Waals surface area contributed by atoms with E-state index in [9.17, 15) is 9.59 Å². The monoisotopic (exact) mass is 424 g/mol. The number of carbonyl (C=O) groups excluding carboxylic acids is 2. The van der Waals surface area contributed by atoms with Gasteiger partial charge >= 0.3 is 0 Å². The Morgan fingerprint density at radius 3 is 1.50 bits per heavy atom. The van der Waals surface area contributed by atoms with Gasteiger partial charge in [-0.1, -0.05) is 43.5 Å². The molecule has 0 atom stereocenters. The first kappa shape index (κ1) is 22.5. The van der Waals surface area contributed by atoms with Crippen molar-refractivity contribution >= 4 is 11.6 Å². The molecule has 0 bridgehead atoms. The lowest BCUT2D eigenvalue weighted by molar-refractivity contribution is 0.102. The molecule has 3 aromatic carbocycles. The molecule has 160 valence electrons. The minimum atomic E-state index is -0.137. The van der Waals surface area contributed by atoms with Gasteiger partial charge in [0.25, 0.3) is 0 Å². The molecule has 0 aliphatic heterocycles. The lowest BCUT2D eigenvalue weighted by Gasteiger charge is -2.08. The van der Waals surface area contributed by atoms with E-state index in [1.54, 1.807) is 91.0 Å². The highest BCUT2D eigenvalue weighted by atomic mass is 16.5. The van der Waals surface area contributed by atoms with Gasteiger partial charge in [-0.05, 0) is 67.6 Å². The van der Waals surface area contributed by atoms with Crippen molar-refractivity contribution < 1.29 is 19.1 Å². The molecule has 0 aliphatic rings. The van der Waals surface area contributed by atoms with E-state index in [0.717, 1.165) is 5.75 Å². The van der Waals surface area contributed by atoms with E-state index in [2.05, 4.69) is 13.2 Å². The van der Waals surface area contributed by atoms with E-state index in [1.807, 2.05) is 6.92 Å². The zero-order valence-corrected chi connectivity index (χ0v) is 17.9. The fourth-order valence-corrected chi connectivity index (χ4v) is 3.05. The van der Waals surface area contributed by atoms with Crippen LogP contribution in [0.25, 0.3) is 0 Å². The number of benzene rings is 3. The van der Waals surface area contributed by atoms with Gasteiger partial charge in [-0.3, -0.25) is 9.59 Å². The summed E-state index contributed by atoms with van der Waals surface area (Å²) in [7, 11) is 0. The number of allylic oxidation sites excluding steroid dienone is 3. The average Bonchev–Trinajstić information content (AvgIpc) is 2.84. The molecule has 0 spiro atoms. The number of rotatable bonds is 10. The van der Waals surface area contributed by atoms with Crippen molar-refractivity contribution in [1.82, 2.24) is 0 Å². The highest BCUT2D eigenvalue weighted by Gasteiger charge is 2.13. The van der Waals surface area contributed by atoms with Crippen molar-refractivity contribution in [2.24, 2.45) is 0 Å². The Labute approximate surface area is 188 Å². The molecule has 0 aromatic heterocycles. The van der Waals surface area contributed by atoms with E-state index < -0.39 is 0 Å². The summed E-state index contributed by atoms with van der Waals surface area (Å²) in [4.78, 5) is 25.5. The molecule has 3 aromatic rings. The molecular formula is C28H24O4. The van der Waals surface area contributed by atoms with Crippen molar-refractivity contribution in [2.75, 3.05) is 6.61 Å². The van der Waals surface area contributed by atoms with Crippen LogP contribution in [0.5, 0.6) is 11.5 Å². The van der Waals surface area contributed by atoms with Crippen molar-refractivity contribution in [3.63, 3.8) is 0 Å². The Bertz CT molecular complexity index is 1140. The summed E-state index contributed by atoms with van der Waals surface area (Å²) >= 11 is 0. The Balaban J connectivity index is 1.70. The maximum Gasteiger partial charge on any atom is 0.193 e. The highest BCUT2D eigenvalue weighted by Crippen LogP contribution is 2.20. The summed E-state index contributed by atoms with van der Waals surface area (Å²) in [6.07, 6.45) is 4.89. The summed E-state index contributed by atoms with van der Waals surface area (Å²) in [5.74, 6) is 1.62. The van der Waals surface area contributed by atoms with Crippen LogP contribution in [0.3, 0.4) is 0 Å². The minimum Gasteiger partial charge on any atom is -0.494 e. The standard InChI is InChI=1S/C28H24O4/c1-4-7-24(5-2)32-26-18-14-23(15-19-26)28(30)21-10-8-20(9-11-21)27(29)22-12-16-25(17-13-22)31-6-3/h4-5,7-19H,1-2,6H2,3H3/b24-7+. The Morgan fingerprint density at radius 2 is 1.12 bits per heavy atom. The fraction of sp³-hybridized carbons (Fsp3) is 0.0714. The van der Waals surface area contributed by atoms with Crippen molar-refractivity contribution in [3.05, 3.63) is 132 Å². The van der Waals surface area contributed by atoms with Gasteiger partial charge < -0.3 is 9.47 Å². The van der Waals surface area contributed by atoms with E-state index in [1.165, 1.54) is 0 Å². The summed E-state index contributed by atoms with van der Waals surface area (Å²) in [6, 6.07) is 20.5. The molecule has 32 heavy (non-hydrogen) atoms. The Hall–Kier alpha value is -4.18. The summed E-state index contributed by atoms with van der Waals surface area (Å²) in [6.45, 7) is 9.79. The third-order valence-electron chi connectivity index (χ3n) is 4.67. The third-order valence-corrected chi connectivity index (χ3v) is 4.67. The van der Waals surface area contributed by atoms with Crippen LogP contribution in [0.15, 0.2) is 110 Å². The van der Waals surface area contributed by atoms with Gasteiger partial charge in [-0.2, -0.15) is 0 Å². The van der Waals surface area contributed by atoms with E-state index >= 15 is 0 Å². The molecule has 0 N–H and O–H groups in total. The Morgan fingerprint density at radius 1 is 0.719 bits per heavy atom. The molecule has 0 unspecified atom stereocenters. The van der Waals surface area contributed by atoms with Gasteiger partial charge in [0.1, 0.15) is 17.3 Å². The van der Waals surface area contributed by atoms with Crippen LogP contribution in [0.4, 0.5) is 0 Å². The van der Waals surface area contributed by atoms with Crippen LogP contribution in [0.1, 0.15) is 38.8 Å². The summed E-state index contributed by atoms with van der Waals surface area (Å²) in [5, 5.41) is 0. The molecule has 0 radical (unpaired) electrons. The van der Waals surface area contributed by atoms with E-state index in [0.29, 0.717) is 40.4 Å². The molecular weight excluding hydrogens is 400 g/mol. The number of ketones is 2. The van der Waals surface area contributed by atoms with Gasteiger partial charge in [0.15, 0.2) is 11.6 Å².